The van der Waals surface area contributed by atoms with E-state index in [1.54, 1.807) is 23.1 Å². The summed E-state index contributed by atoms with van der Waals surface area (Å²) in [5, 5.41) is 5.76. The van der Waals surface area contributed by atoms with Crippen molar-refractivity contribution < 1.29 is 18.5 Å². The number of Topliss-reactive ketones (excluding diaryl/α,β-unsaturated/α-hetero) is 1. The van der Waals surface area contributed by atoms with Crippen LogP contribution < -0.4 is 0 Å². The van der Waals surface area contributed by atoms with Crippen molar-refractivity contribution in [2.75, 3.05) is 32.7 Å². The highest BCUT2D eigenvalue weighted by Crippen LogP contribution is 2.21. The zero-order valence-electron chi connectivity index (χ0n) is 14.0. The van der Waals surface area contributed by atoms with Crippen LogP contribution in [0.4, 0.5) is 0 Å². The SMILES string of the molecule is O=C(CN1CCN(C(=O)c2cc(-c3ccco3)on2)CC1)c1cccs1. The lowest BCUT2D eigenvalue weighted by Gasteiger charge is -2.33. The Bertz CT molecular complexity index is 878. The third-order valence-corrected chi connectivity index (χ3v) is 5.23. The first-order valence-corrected chi connectivity index (χ1v) is 9.17. The summed E-state index contributed by atoms with van der Waals surface area (Å²) in [4.78, 5) is 29.3. The van der Waals surface area contributed by atoms with E-state index >= 15 is 0 Å². The summed E-state index contributed by atoms with van der Waals surface area (Å²) in [7, 11) is 0. The molecule has 1 aliphatic rings. The average Bonchev–Trinajstić information content (AvgIpc) is 3.43. The van der Waals surface area contributed by atoms with Crippen molar-refractivity contribution in [1.82, 2.24) is 15.0 Å². The van der Waals surface area contributed by atoms with Crippen LogP contribution in [-0.4, -0.2) is 59.4 Å². The second-order valence-electron chi connectivity index (χ2n) is 6.02. The molecule has 1 amide bonds. The smallest absolute Gasteiger partial charge is 0.276 e. The maximum absolute atomic E-state index is 12.6. The Labute approximate surface area is 153 Å². The lowest BCUT2D eigenvalue weighted by atomic mass is 10.2. The van der Waals surface area contributed by atoms with Crippen molar-refractivity contribution in [1.29, 1.82) is 0 Å². The molecule has 0 atom stereocenters. The van der Waals surface area contributed by atoms with Gasteiger partial charge in [0.15, 0.2) is 17.2 Å². The summed E-state index contributed by atoms with van der Waals surface area (Å²) in [6.45, 7) is 2.81. The van der Waals surface area contributed by atoms with Gasteiger partial charge < -0.3 is 13.8 Å². The van der Waals surface area contributed by atoms with Gasteiger partial charge in [-0.05, 0) is 23.6 Å². The number of nitrogens with zero attached hydrogens (tertiary/aromatic N) is 3. The molecule has 4 heterocycles. The van der Waals surface area contributed by atoms with Gasteiger partial charge in [-0.25, -0.2) is 0 Å². The largest absolute Gasteiger partial charge is 0.461 e. The van der Waals surface area contributed by atoms with E-state index in [1.807, 2.05) is 17.5 Å². The molecule has 0 bridgehead atoms. The van der Waals surface area contributed by atoms with Gasteiger partial charge in [0, 0.05) is 32.2 Å². The minimum atomic E-state index is -0.171. The Morgan fingerprint density at radius 3 is 2.65 bits per heavy atom. The van der Waals surface area contributed by atoms with Crippen LogP contribution >= 0.6 is 11.3 Å². The normalized spacial score (nSPS) is 15.3. The molecule has 7 nitrogen and oxygen atoms in total. The lowest BCUT2D eigenvalue weighted by molar-refractivity contribution is 0.0616. The number of aromatic nitrogens is 1. The van der Waals surface area contributed by atoms with Crippen molar-refractivity contribution in [3.05, 3.63) is 52.5 Å². The topological polar surface area (TPSA) is 79.8 Å². The van der Waals surface area contributed by atoms with Crippen molar-refractivity contribution >= 4 is 23.0 Å². The molecule has 1 fully saturated rings. The molecule has 26 heavy (non-hydrogen) atoms. The first-order chi connectivity index (χ1) is 12.7. The fourth-order valence-corrected chi connectivity index (χ4v) is 3.56. The van der Waals surface area contributed by atoms with Gasteiger partial charge in [0.05, 0.1) is 17.7 Å². The highest BCUT2D eigenvalue weighted by Gasteiger charge is 2.26. The van der Waals surface area contributed by atoms with Gasteiger partial charge in [0.1, 0.15) is 0 Å². The standard InChI is InChI=1S/C18H17N3O4S/c22-14(17-4-2-10-26-17)12-20-5-7-21(8-6-20)18(23)13-11-16(25-19-13)15-3-1-9-24-15/h1-4,9-11H,5-8,12H2. The van der Waals surface area contributed by atoms with E-state index in [9.17, 15) is 9.59 Å². The molecule has 0 radical (unpaired) electrons. The molecule has 8 heteroatoms. The maximum atomic E-state index is 12.6. The summed E-state index contributed by atoms with van der Waals surface area (Å²) in [5.74, 6) is 0.919. The molecule has 0 spiro atoms. The molecule has 0 N–H and O–H groups in total. The Kier molecular flexibility index (Phi) is 4.68. The van der Waals surface area contributed by atoms with E-state index in [0.29, 0.717) is 44.2 Å². The molecule has 0 unspecified atom stereocenters. The summed E-state index contributed by atoms with van der Waals surface area (Å²) in [6, 6.07) is 8.80. The Morgan fingerprint density at radius 1 is 1.12 bits per heavy atom. The lowest BCUT2D eigenvalue weighted by Crippen LogP contribution is -2.49. The Balaban J connectivity index is 1.33. The number of piperazine rings is 1. The van der Waals surface area contributed by atoms with E-state index in [1.165, 1.54) is 17.6 Å². The number of thiophene rings is 1. The number of furan rings is 1. The van der Waals surface area contributed by atoms with Crippen LogP contribution in [0.25, 0.3) is 11.5 Å². The van der Waals surface area contributed by atoms with Crippen molar-refractivity contribution in [2.24, 2.45) is 0 Å². The number of ketones is 1. The van der Waals surface area contributed by atoms with Crippen LogP contribution in [0.5, 0.6) is 0 Å². The predicted molar refractivity (Wildman–Crippen MR) is 95.2 cm³/mol. The number of hydrogen-bond donors (Lipinski definition) is 0. The second-order valence-corrected chi connectivity index (χ2v) is 6.97. The zero-order valence-corrected chi connectivity index (χ0v) is 14.8. The van der Waals surface area contributed by atoms with Gasteiger partial charge in [-0.3, -0.25) is 14.5 Å². The van der Waals surface area contributed by atoms with E-state index in [-0.39, 0.29) is 17.4 Å². The van der Waals surface area contributed by atoms with Crippen LogP contribution in [0.3, 0.4) is 0 Å². The predicted octanol–water partition coefficient (Wildman–Crippen LogP) is 2.64. The van der Waals surface area contributed by atoms with Crippen LogP contribution in [0.2, 0.25) is 0 Å². The van der Waals surface area contributed by atoms with Gasteiger partial charge >= 0.3 is 0 Å². The highest BCUT2D eigenvalue weighted by molar-refractivity contribution is 7.12. The molecule has 3 aromatic rings. The van der Waals surface area contributed by atoms with Crippen LogP contribution in [-0.2, 0) is 0 Å². The van der Waals surface area contributed by atoms with Gasteiger partial charge in [0.2, 0.25) is 5.76 Å². The average molecular weight is 371 g/mol. The first-order valence-electron chi connectivity index (χ1n) is 8.29. The molecule has 1 saturated heterocycles. The maximum Gasteiger partial charge on any atom is 0.276 e. The van der Waals surface area contributed by atoms with Crippen molar-refractivity contribution in [2.45, 2.75) is 0 Å². The van der Waals surface area contributed by atoms with Crippen molar-refractivity contribution in [3.8, 4) is 11.5 Å². The molecule has 0 aliphatic carbocycles. The summed E-state index contributed by atoms with van der Waals surface area (Å²) >= 11 is 1.46. The number of hydrogen-bond acceptors (Lipinski definition) is 7. The number of carbonyl (C=O) groups is 2. The molecule has 0 aromatic carbocycles. The third kappa shape index (κ3) is 3.47. The van der Waals surface area contributed by atoms with E-state index in [0.717, 1.165) is 4.88 Å². The van der Waals surface area contributed by atoms with E-state index in [2.05, 4.69) is 10.1 Å². The van der Waals surface area contributed by atoms with Gasteiger partial charge in [-0.1, -0.05) is 11.2 Å². The van der Waals surface area contributed by atoms with Gasteiger partial charge in [-0.2, -0.15) is 0 Å². The van der Waals surface area contributed by atoms with Crippen LogP contribution in [0.15, 0.2) is 50.9 Å². The zero-order chi connectivity index (χ0) is 17.9. The first kappa shape index (κ1) is 16.7. The molecular weight excluding hydrogens is 354 g/mol. The minimum absolute atomic E-state index is 0.124. The fourth-order valence-electron chi connectivity index (χ4n) is 2.90. The van der Waals surface area contributed by atoms with Crippen molar-refractivity contribution in [3.63, 3.8) is 0 Å². The Morgan fingerprint density at radius 2 is 1.96 bits per heavy atom. The van der Waals surface area contributed by atoms with E-state index in [4.69, 9.17) is 8.94 Å². The summed E-state index contributed by atoms with van der Waals surface area (Å²) in [5.41, 5.74) is 0.263. The van der Waals surface area contributed by atoms with Crippen LogP contribution in [0.1, 0.15) is 20.2 Å². The van der Waals surface area contributed by atoms with E-state index < -0.39 is 0 Å². The van der Waals surface area contributed by atoms with Gasteiger partial charge in [0.25, 0.3) is 5.91 Å². The molecular formula is C18H17N3O4S. The fraction of sp³-hybridized carbons (Fsp3) is 0.278. The second kappa shape index (κ2) is 7.27. The molecule has 134 valence electrons. The molecule has 0 saturated carbocycles. The Hall–Kier alpha value is -2.71. The van der Waals surface area contributed by atoms with Crippen LogP contribution in [0, 0.1) is 0 Å². The monoisotopic (exact) mass is 371 g/mol. The molecule has 3 aromatic heterocycles. The van der Waals surface area contributed by atoms with Gasteiger partial charge in [-0.15, -0.1) is 11.3 Å². The quantitative estimate of drug-likeness (QED) is 0.642. The minimum Gasteiger partial charge on any atom is -0.461 e. The summed E-state index contributed by atoms with van der Waals surface area (Å²) in [6.07, 6.45) is 1.54. The number of carbonyl (C=O) groups excluding carboxylic acids is 2. The molecule has 4 rings (SSSR count). The third-order valence-electron chi connectivity index (χ3n) is 4.32. The highest BCUT2D eigenvalue weighted by atomic mass is 32.1. The number of rotatable bonds is 5. The number of amides is 1. The molecule has 1 aliphatic heterocycles. The summed E-state index contributed by atoms with van der Waals surface area (Å²) < 4.78 is 10.4.